The van der Waals surface area contributed by atoms with E-state index >= 15 is 0 Å². The number of hydrogen-bond donors (Lipinski definition) is 1. The van der Waals surface area contributed by atoms with Gasteiger partial charge in [0.25, 0.3) is 0 Å². The van der Waals surface area contributed by atoms with Gasteiger partial charge in [-0.2, -0.15) is 0 Å². The first-order chi connectivity index (χ1) is 9.33. The molecule has 0 aromatic heterocycles. The molecule has 0 aromatic carbocycles. The van der Waals surface area contributed by atoms with Crippen LogP contribution in [0.5, 0.6) is 0 Å². The van der Waals surface area contributed by atoms with Crippen molar-refractivity contribution in [1.82, 2.24) is 15.1 Å². The molecule has 0 amide bonds. The highest BCUT2D eigenvalue weighted by Crippen LogP contribution is 2.18. The maximum Gasteiger partial charge on any atom is 0.0119 e. The van der Waals surface area contributed by atoms with E-state index in [1.165, 1.54) is 45.3 Å². The van der Waals surface area contributed by atoms with Crippen molar-refractivity contribution in [2.24, 2.45) is 0 Å². The number of piperidine rings is 1. The zero-order valence-electron chi connectivity index (χ0n) is 14.7. The average molecular weight is 284 g/mol. The smallest absolute Gasteiger partial charge is 0.0119 e. The minimum absolute atomic E-state index is 0.252. The standard InChI is InChI=1S/C17H37N3/c1-7-20-13-10-16(11-14-20)19(6)15(2)9-8-12-18-17(3,4)5/h15-16,18H,7-14H2,1-6H3. The molecule has 1 rings (SSSR count). The Hall–Kier alpha value is -0.120. The molecule has 0 radical (unpaired) electrons. The van der Waals surface area contributed by atoms with Gasteiger partial charge in [0.15, 0.2) is 0 Å². The lowest BCUT2D eigenvalue weighted by atomic mass is 10.0. The van der Waals surface area contributed by atoms with Gasteiger partial charge >= 0.3 is 0 Å². The molecule has 1 N–H and O–H groups in total. The molecule has 0 aliphatic carbocycles. The highest BCUT2D eigenvalue weighted by Gasteiger charge is 2.24. The van der Waals surface area contributed by atoms with Crippen LogP contribution in [0.1, 0.15) is 60.3 Å². The van der Waals surface area contributed by atoms with Gasteiger partial charge in [0.1, 0.15) is 0 Å². The van der Waals surface area contributed by atoms with Crippen molar-refractivity contribution in [1.29, 1.82) is 0 Å². The molecule has 120 valence electrons. The molecule has 0 spiro atoms. The summed E-state index contributed by atoms with van der Waals surface area (Å²) in [4.78, 5) is 5.20. The quantitative estimate of drug-likeness (QED) is 0.725. The minimum Gasteiger partial charge on any atom is -0.312 e. The second-order valence-electron chi connectivity index (χ2n) is 7.50. The molecule has 3 heteroatoms. The topological polar surface area (TPSA) is 18.5 Å². The van der Waals surface area contributed by atoms with Gasteiger partial charge in [-0.1, -0.05) is 6.92 Å². The van der Waals surface area contributed by atoms with Crippen LogP contribution >= 0.6 is 0 Å². The Bertz CT molecular complexity index is 251. The van der Waals surface area contributed by atoms with Gasteiger partial charge < -0.3 is 15.1 Å². The number of nitrogens with zero attached hydrogens (tertiary/aromatic N) is 2. The number of rotatable bonds is 7. The molecule has 1 saturated heterocycles. The fraction of sp³-hybridized carbons (Fsp3) is 1.00. The third kappa shape index (κ3) is 6.55. The van der Waals surface area contributed by atoms with E-state index in [1.807, 2.05) is 0 Å². The summed E-state index contributed by atoms with van der Waals surface area (Å²) in [5.41, 5.74) is 0.252. The van der Waals surface area contributed by atoms with Gasteiger partial charge in [0.2, 0.25) is 0 Å². The van der Waals surface area contributed by atoms with E-state index in [2.05, 4.69) is 56.8 Å². The van der Waals surface area contributed by atoms with E-state index in [1.54, 1.807) is 0 Å². The summed E-state index contributed by atoms with van der Waals surface area (Å²) in [5, 5.41) is 3.58. The maximum atomic E-state index is 3.58. The molecule has 20 heavy (non-hydrogen) atoms. The Morgan fingerprint density at radius 1 is 1.25 bits per heavy atom. The van der Waals surface area contributed by atoms with Crippen molar-refractivity contribution < 1.29 is 0 Å². The van der Waals surface area contributed by atoms with Gasteiger partial charge in [0.05, 0.1) is 0 Å². The predicted octanol–water partition coefficient (Wildman–Crippen LogP) is 2.96. The molecule has 3 nitrogen and oxygen atoms in total. The first kappa shape index (κ1) is 17.9. The highest BCUT2D eigenvalue weighted by atomic mass is 15.2. The highest BCUT2D eigenvalue weighted by molar-refractivity contribution is 4.81. The van der Waals surface area contributed by atoms with Crippen LogP contribution in [0.2, 0.25) is 0 Å². The molecular formula is C17H37N3. The Labute approximate surface area is 127 Å². The largest absolute Gasteiger partial charge is 0.312 e. The van der Waals surface area contributed by atoms with Crippen LogP contribution in [0.4, 0.5) is 0 Å². The first-order valence-corrected chi connectivity index (χ1v) is 8.53. The summed E-state index contributed by atoms with van der Waals surface area (Å²) in [7, 11) is 2.33. The van der Waals surface area contributed by atoms with Crippen LogP contribution in [0.25, 0.3) is 0 Å². The van der Waals surface area contributed by atoms with Crippen LogP contribution in [0, 0.1) is 0 Å². The van der Waals surface area contributed by atoms with Crippen molar-refractivity contribution in [3.63, 3.8) is 0 Å². The van der Waals surface area contributed by atoms with Crippen molar-refractivity contribution >= 4 is 0 Å². The summed E-state index contributed by atoms with van der Waals surface area (Å²) in [6.07, 6.45) is 5.26. The van der Waals surface area contributed by atoms with Gasteiger partial charge in [0, 0.05) is 17.6 Å². The lowest BCUT2D eigenvalue weighted by molar-refractivity contribution is 0.100. The van der Waals surface area contributed by atoms with E-state index in [4.69, 9.17) is 0 Å². The van der Waals surface area contributed by atoms with E-state index in [-0.39, 0.29) is 5.54 Å². The van der Waals surface area contributed by atoms with E-state index in [0.29, 0.717) is 6.04 Å². The number of likely N-dealkylation sites (tertiary alicyclic amines) is 1. The van der Waals surface area contributed by atoms with E-state index in [9.17, 15) is 0 Å². The van der Waals surface area contributed by atoms with Crippen molar-refractivity contribution in [2.75, 3.05) is 33.2 Å². The third-order valence-electron chi connectivity index (χ3n) is 4.73. The number of hydrogen-bond acceptors (Lipinski definition) is 3. The lowest BCUT2D eigenvalue weighted by Gasteiger charge is -2.39. The Kier molecular flexibility index (Phi) is 7.49. The summed E-state index contributed by atoms with van der Waals surface area (Å²) >= 11 is 0. The monoisotopic (exact) mass is 283 g/mol. The van der Waals surface area contributed by atoms with Crippen molar-refractivity contribution in [3.05, 3.63) is 0 Å². The number of nitrogens with one attached hydrogen (secondary N) is 1. The zero-order chi connectivity index (χ0) is 15.2. The second-order valence-corrected chi connectivity index (χ2v) is 7.50. The van der Waals surface area contributed by atoms with Crippen molar-refractivity contribution in [2.45, 2.75) is 77.9 Å². The van der Waals surface area contributed by atoms with Gasteiger partial charge in [-0.3, -0.25) is 0 Å². The molecule has 0 bridgehead atoms. The molecule has 1 atom stereocenters. The molecule has 0 aromatic rings. The molecule has 1 heterocycles. The van der Waals surface area contributed by atoms with Gasteiger partial charge in [-0.25, -0.2) is 0 Å². The average Bonchev–Trinajstić information content (AvgIpc) is 2.41. The van der Waals surface area contributed by atoms with Crippen LogP contribution in [0.3, 0.4) is 0 Å². The fourth-order valence-corrected chi connectivity index (χ4v) is 3.07. The fourth-order valence-electron chi connectivity index (χ4n) is 3.07. The molecule has 1 aliphatic heterocycles. The van der Waals surface area contributed by atoms with Crippen LogP contribution < -0.4 is 5.32 Å². The molecule has 1 fully saturated rings. The predicted molar refractivity (Wildman–Crippen MR) is 89.4 cm³/mol. The summed E-state index contributed by atoms with van der Waals surface area (Å²) in [6.45, 7) is 16.3. The molecule has 1 unspecified atom stereocenters. The first-order valence-electron chi connectivity index (χ1n) is 8.53. The molecular weight excluding hydrogens is 246 g/mol. The second kappa shape index (κ2) is 8.35. The Balaban J connectivity index is 2.20. The summed E-state index contributed by atoms with van der Waals surface area (Å²) in [5.74, 6) is 0. The van der Waals surface area contributed by atoms with Gasteiger partial charge in [-0.15, -0.1) is 0 Å². The van der Waals surface area contributed by atoms with Crippen LogP contribution in [-0.4, -0.2) is 60.6 Å². The van der Waals surface area contributed by atoms with Crippen LogP contribution in [0.15, 0.2) is 0 Å². The minimum atomic E-state index is 0.252. The summed E-state index contributed by atoms with van der Waals surface area (Å²) in [6, 6.07) is 1.50. The van der Waals surface area contributed by atoms with Crippen molar-refractivity contribution in [3.8, 4) is 0 Å². The van der Waals surface area contributed by atoms with E-state index < -0.39 is 0 Å². The van der Waals surface area contributed by atoms with E-state index in [0.717, 1.165) is 12.6 Å². The SMILES string of the molecule is CCN1CCC(N(C)C(C)CCCNC(C)(C)C)CC1. The molecule has 0 saturated carbocycles. The molecule has 1 aliphatic rings. The normalized spacial score (nSPS) is 20.6. The zero-order valence-corrected chi connectivity index (χ0v) is 14.7. The summed E-state index contributed by atoms with van der Waals surface area (Å²) < 4.78 is 0. The lowest BCUT2D eigenvalue weighted by Crippen LogP contribution is -2.46. The Morgan fingerprint density at radius 3 is 2.35 bits per heavy atom. The Morgan fingerprint density at radius 2 is 1.85 bits per heavy atom. The maximum absolute atomic E-state index is 3.58. The van der Waals surface area contributed by atoms with Crippen LogP contribution in [-0.2, 0) is 0 Å². The third-order valence-corrected chi connectivity index (χ3v) is 4.73. The van der Waals surface area contributed by atoms with Gasteiger partial charge in [-0.05, 0) is 86.6 Å².